The molecular formula is C27H33ClN6O3. The lowest BCUT2D eigenvalue weighted by Gasteiger charge is -2.26. The van der Waals surface area contributed by atoms with Crippen LogP contribution in [0.5, 0.6) is 0 Å². The van der Waals surface area contributed by atoms with Crippen molar-refractivity contribution in [2.75, 3.05) is 6.54 Å². The van der Waals surface area contributed by atoms with Crippen molar-refractivity contribution in [3.63, 3.8) is 0 Å². The van der Waals surface area contributed by atoms with Gasteiger partial charge in [-0.3, -0.25) is 4.79 Å². The molecule has 0 radical (unpaired) electrons. The number of carbonyl (C=O) groups excluding carboxylic acids is 2. The number of amides is 1. The van der Waals surface area contributed by atoms with Gasteiger partial charge >= 0.3 is 6.09 Å². The summed E-state index contributed by atoms with van der Waals surface area (Å²) in [6.07, 6.45) is 3.81. The Balaban J connectivity index is 1.66. The predicted octanol–water partition coefficient (Wildman–Crippen LogP) is 5.64. The fourth-order valence-electron chi connectivity index (χ4n) is 4.29. The zero-order valence-electron chi connectivity index (χ0n) is 22.2. The van der Waals surface area contributed by atoms with Crippen molar-refractivity contribution >= 4 is 23.5 Å². The van der Waals surface area contributed by atoms with Gasteiger partial charge in [0.25, 0.3) is 0 Å². The van der Waals surface area contributed by atoms with E-state index in [1.54, 1.807) is 28.0 Å². The number of hydrogen-bond acceptors (Lipinski definition) is 7. The molecule has 196 valence electrons. The average molecular weight is 525 g/mol. The lowest BCUT2D eigenvalue weighted by Crippen LogP contribution is -2.36. The minimum atomic E-state index is -0.611. The Morgan fingerprint density at radius 3 is 2.54 bits per heavy atom. The van der Waals surface area contributed by atoms with Crippen LogP contribution in [-0.4, -0.2) is 53.9 Å². The van der Waals surface area contributed by atoms with E-state index in [9.17, 15) is 9.59 Å². The van der Waals surface area contributed by atoms with Crippen molar-refractivity contribution in [1.29, 1.82) is 0 Å². The van der Waals surface area contributed by atoms with Crippen LogP contribution in [0.2, 0.25) is 5.28 Å². The summed E-state index contributed by atoms with van der Waals surface area (Å²) >= 11 is 6.02. The maximum Gasteiger partial charge on any atom is 0.410 e. The number of aromatic nitrogens is 5. The zero-order chi connectivity index (χ0) is 27.0. The standard InChI is InChI=1S/C27H33ClN6O3/c1-26(2,3)34-16-22(31-32-34)23(35)14-17-10-12-33(25(36)37-27(4,5)6)15-19-13-18(7-8-20(17)19)21-9-11-29-24(28)30-21/h7-9,11,13,16-17H,10,12,14-15H2,1-6H3/t17-/m0/s1. The van der Waals surface area contributed by atoms with Gasteiger partial charge in [-0.1, -0.05) is 17.3 Å². The van der Waals surface area contributed by atoms with Crippen LogP contribution < -0.4 is 0 Å². The Morgan fingerprint density at radius 1 is 1.14 bits per heavy atom. The van der Waals surface area contributed by atoms with Crippen LogP contribution in [0.4, 0.5) is 4.79 Å². The first-order chi connectivity index (χ1) is 17.3. The van der Waals surface area contributed by atoms with Crippen molar-refractivity contribution in [1.82, 2.24) is 29.9 Å². The van der Waals surface area contributed by atoms with Crippen molar-refractivity contribution in [2.24, 2.45) is 0 Å². The Labute approximate surface area is 222 Å². The van der Waals surface area contributed by atoms with Crippen LogP contribution in [0.25, 0.3) is 11.3 Å². The van der Waals surface area contributed by atoms with Gasteiger partial charge in [0.2, 0.25) is 5.28 Å². The van der Waals surface area contributed by atoms with E-state index in [1.165, 1.54) is 0 Å². The van der Waals surface area contributed by atoms with Gasteiger partial charge in [0.15, 0.2) is 5.78 Å². The molecule has 0 bridgehead atoms. The first-order valence-electron chi connectivity index (χ1n) is 12.4. The maximum absolute atomic E-state index is 13.3. The number of ether oxygens (including phenoxy) is 1. The molecule has 2 aromatic heterocycles. The molecule has 10 heteroatoms. The molecule has 0 fully saturated rings. The molecule has 3 aromatic rings. The van der Waals surface area contributed by atoms with Gasteiger partial charge in [0.1, 0.15) is 11.3 Å². The summed E-state index contributed by atoms with van der Waals surface area (Å²) in [5.74, 6) is -0.179. The summed E-state index contributed by atoms with van der Waals surface area (Å²) in [4.78, 5) is 36.2. The highest BCUT2D eigenvalue weighted by Crippen LogP contribution is 2.35. The Bertz CT molecular complexity index is 1310. The number of rotatable bonds is 4. The molecule has 0 unspecified atom stereocenters. The molecule has 1 aromatic carbocycles. The largest absolute Gasteiger partial charge is 0.444 e. The SMILES string of the molecule is CC(C)(C)OC(=O)N1CC[C@@H](CC(=O)c2cn(C(C)(C)C)nn2)c2ccc(-c3ccnc(Cl)n3)cc2C1. The third kappa shape index (κ3) is 6.52. The topological polar surface area (TPSA) is 103 Å². The third-order valence-electron chi connectivity index (χ3n) is 6.16. The number of Topliss-reactive ketones (excluding diaryl/α,β-unsaturated/α-hetero) is 1. The second kappa shape index (κ2) is 10.2. The highest BCUT2D eigenvalue weighted by Gasteiger charge is 2.30. The molecular weight excluding hydrogens is 492 g/mol. The number of fused-ring (bicyclic) bond motifs is 1. The number of ketones is 1. The summed E-state index contributed by atoms with van der Waals surface area (Å²) in [5.41, 5.74) is 2.96. The van der Waals surface area contributed by atoms with E-state index in [-0.39, 0.29) is 35.0 Å². The molecule has 0 spiro atoms. The van der Waals surface area contributed by atoms with Crippen LogP contribution in [0, 0.1) is 0 Å². The molecule has 4 rings (SSSR count). The van der Waals surface area contributed by atoms with Gasteiger partial charge in [-0.2, -0.15) is 0 Å². The van der Waals surface area contributed by atoms with E-state index in [2.05, 4.69) is 20.3 Å². The third-order valence-corrected chi connectivity index (χ3v) is 6.35. The van der Waals surface area contributed by atoms with Crippen molar-refractivity contribution in [3.8, 4) is 11.3 Å². The van der Waals surface area contributed by atoms with E-state index < -0.39 is 5.60 Å². The Hall–Kier alpha value is -3.33. The van der Waals surface area contributed by atoms with Crippen LogP contribution >= 0.6 is 11.6 Å². The molecule has 1 amide bonds. The van der Waals surface area contributed by atoms with Crippen LogP contribution in [0.1, 0.15) is 81.9 Å². The van der Waals surface area contributed by atoms with Crippen LogP contribution in [-0.2, 0) is 16.8 Å². The zero-order valence-corrected chi connectivity index (χ0v) is 22.9. The molecule has 9 nitrogen and oxygen atoms in total. The minimum absolute atomic E-state index is 0.0798. The number of carbonyl (C=O) groups is 2. The first kappa shape index (κ1) is 26.7. The smallest absolute Gasteiger partial charge is 0.410 e. The first-order valence-corrected chi connectivity index (χ1v) is 12.7. The molecule has 0 saturated heterocycles. The Kier molecular flexibility index (Phi) is 7.37. The molecule has 0 N–H and O–H groups in total. The van der Waals surface area contributed by atoms with Gasteiger partial charge in [0, 0.05) is 31.3 Å². The maximum atomic E-state index is 13.3. The number of hydrogen-bond donors (Lipinski definition) is 0. The lowest BCUT2D eigenvalue weighted by molar-refractivity contribution is 0.0235. The predicted molar refractivity (Wildman–Crippen MR) is 140 cm³/mol. The van der Waals surface area contributed by atoms with Crippen LogP contribution in [0.15, 0.2) is 36.7 Å². The van der Waals surface area contributed by atoms with Gasteiger partial charge in [-0.05, 0) is 88.7 Å². The summed E-state index contributed by atoms with van der Waals surface area (Å²) in [6.45, 7) is 12.4. The minimum Gasteiger partial charge on any atom is -0.444 e. The molecule has 0 saturated carbocycles. The van der Waals surface area contributed by atoms with Crippen LogP contribution in [0.3, 0.4) is 0 Å². The van der Waals surface area contributed by atoms with Gasteiger partial charge in [-0.15, -0.1) is 5.10 Å². The normalized spacial score (nSPS) is 16.2. The van der Waals surface area contributed by atoms with E-state index in [0.717, 1.165) is 16.7 Å². The van der Waals surface area contributed by atoms with E-state index in [0.29, 0.717) is 30.9 Å². The molecule has 1 aliphatic heterocycles. The van der Waals surface area contributed by atoms with E-state index >= 15 is 0 Å². The highest BCUT2D eigenvalue weighted by atomic mass is 35.5. The second-order valence-corrected chi connectivity index (χ2v) is 11.7. The molecule has 0 aliphatic carbocycles. The molecule has 37 heavy (non-hydrogen) atoms. The number of benzene rings is 1. The fraction of sp³-hybridized carbons (Fsp3) is 0.481. The molecule has 1 atom stereocenters. The molecule has 3 heterocycles. The van der Waals surface area contributed by atoms with E-state index in [4.69, 9.17) is 16.3 Å². The number of nitrogens with zero attached hydrogens (tertiary/aromatic N) is 6. The van der Waals surface area contributed by atoms with Gasteiger partial charge < -0.3 is 9.64 Å². The second-order valence-electron chi connectivity index (χ2n) is 11.4. The fourth-order valence-corrected chi connectivity index (χ4v) is 4.44. The quantitative estimate of drug-likeness (QED) is 0.321. The van der Waals surface area contributed by atoms with Crippen molar-refractivity contribution < 1.29 is 14.3 Å². The summed E-state index contributed by atoms with van der Waals surface area (Å²) in [7, 11) is 0. The Morgan fingerprint density at radius 2 is 1.89 bits per heavy atom. The summed E-state index contributed by atoms with van der Waals surface area (Å²) in [6, 6.07) is 7.77. The van der Waals surface area contributed by atoms with E-state index in [1.807, 2.05) is 59.7 Å². The highest BCUT2D eigenvalue weighted by molar-refractivity contribution is 6.28. The monoisotopic (exact) mass is 524 g/mol. The number of halogens is 1. The summed E-state index contributed by atoms with van der Waals surface area (Å²) in [5, 5.41) is 8.43. The van der Waals surface area contributed by atoms with Gasteiger partial charge in [0.05, 0.1) is 17.4 Å². The average Bonchev–Trinajstić information content (AvgIpc) is 3.24. The summed E-state index contributed by atoms with van der Waals surface area (Å²) < 4.78 is 7.36. The lowest BCUT2D eigenvalue weighted by atomic mass is 9.87. The molecule has 1 aliphatic rings. The van der Waals surface area contributed by atoms with Crippen molar-refractivity contribution in [2.45, 2.75) is 78.0 Å². The van der Waals surface area contributed by atoms with Crippen molar-refractivity contribution in [3.05, 3.63) is 58.8 Å². The van der Waals surface area contributed by atoms with Gasteiger partial charge in [-0.25, -0.2) is 19.4 Å².